The number of ether oxygens (including phenoxy) is 1. The van der Waals surface area contributed by atoms with Gasteiger partial charge in [0.1, 0.15) is 0 Å². The molecule has 0 aliphatic carbocycles. The summed E-state index contributed by atoms with van der Waals surface area (Å²) in [5, 5.41) is 6.65. The average molecular weight is 434 g/mol. The third-order valence-corrected chi connectivity index (χ3v) is 3.30. The van der Waals surface area contributed by atoms with Crippen molar-refractivity contribution in [2.24, 2.45) is 10.9 Å². The van der Waals surface area contributed by atoms with Crippen LogP contribution in [0, 0.1) is 5.92 Å². The van der Waals surface area contributed by atoms with Gasteiger partial charge in [-0.15, -0.1) is 24.0 Å². The third kappa shape index (κ3) is 9.63. The Morgan fingerprint density at radius 2 is 2.09 bits per heavy atom. The van der Waals surface area contributed by atoms with Crippen molar-refractivity contribution < 1.29 is 4.74 Å². The van der Waals surface area contributed by atoms with E-state index in [0.717, 1.165) is 30.5 Å². The lowest BCUT2D eigenvalue weighted by Gasteiger charge is -2.12. The monoisotopic (exact) mass is 434 g/mol. The number of nitrogens with zero attached hydrogens (tertiary/aromatic N) is 2. The van der Waals surface area contributed by atoms with Crippen LogP contribution >= 0.6 is 24.0 Å². The molecule has 1 aromatic rings. The molecule has 0 unspecified atom stereocenters. The number of pyridine rings is 1. The van der Waals surface area contributed by atoms with Gasteiger partial charge >= 0.3 is 0 Å². The summed E-state index contributed by atoms with van der Waals surface area (Å²) in [5.41, 5.74) is 0.988. The molecule has 0 aromatic carbocycles. The van der Waals surface area contributed by atoms with Gasteiger partial charge in [-0.1, -0.05) is 32.8 Å². The van der Waals surface area contributed by atoms with Crippen molar-refractivity contribution in [3.63, 3.8) is 0 Å². The molecule has 2 N–H and O–H groups in total. The summed E-state index contributed by atoms with van der Waals surface area (Å²) >= 11 is 0. The standard InChI is InChI=1S/C17H30N4O.HI/c1-5-18-17(20-11-7-6-9-14(2)3)21-13-15-10-8-12-19-16(15)22-4;/h8,10,12,14H,5-7,9,11,13H2,1-4H3,(H2,18,20,21);1H. The van der Waals surface area contributed by atoms with Crippen LogP contribution < -0.4 is 15.4 Å². The number of nitrogens with one attached hydrogen (secondary N) is 2. The third-order valence-electron chi connectivity index (χ3n) is 3.30. The first-order valence-corrected chi connectivity index (χ1v) is 8.17. The molecule has 1 heterocycles. The van der Waals surface area contributed by atoms with Crippen molar-refractivity contribution in [2.75, 3.05) is 20.2 Å². The minimum atomic E-state index is 0. The first-order chi connectivity index (χ1) is 10.7. The molecule has 6 heteroatoms. The molecule has 0 atom stereocenters. The number of rotatable bonds is 9. The molecule has 0 amide bonds. The van der Waals surface area contributed by atoms with E-state index in [1.807, 2.05) is 12.1 Å². The average Bonchev–Trinajstić information content (AvgIpc) is 2.52. The highest BCUT2D eigenvalue weighted by Gasteiger charge is 2.03. The Morgan fingerprint density at radius 1 is 1.30 bits per heavy atom. The summed E-state index contributed by atoms with van der Waals surface area (Å²) in [4.78, 5) is 8.79. The van der Waals surface area contributed by atoms with E-state index < -0.39 is 0 Å². The van der Waals surface area contributed by atoms with Crippen LogP contribution in [0.5, 0.6) is 5.88 Å². The molecule has 1 aromatic heterocycles. The van der Waals surface area contributed by atoms with Gasteiger partial charge in [0.25, 0.3) is 0 Å². The van der Waals surface area contributed by atoms with Crippen molar-refractivity contribution in [1.29, 1.82) is 0 Å². The van der Waals surface area contributed by atoms with E-state index in [4.69, 9.17) is 4.74 Å². The molecule has 23 heavy (non-hydrogen) atoms. The number of hydrogen-bond donors (Lipinski definition) is 2. The van der Waals surface area contributed by atoms with Crippen LogP contribution in [0.15, 0.2) is 23.3 Å². The Bertz CT molecular complexity index is 452. The number of methoxy groups -OCH3 is 1. The Morgan fingerprint density at radius 3 is 2.74 bits per heavy atom. The van der Waals surface area contributed by atoms with Crippen molar-refractivity contribution in [3.8, 4) is 5.88 Å². The molecular weight excluding hydrogens is 403 g/mol. The topological polar surface area (TPSA) is 58.5 Å². The van der Waals surface area contributed by atoms with Crippen LogP contribution in [0.3, 0.4) is 0 Å². The molecule has 0 aliphatic rings. The maximum atomic E-state index is 5.25. The predicted molar refractivity (Wildman–Crippen MR) is 108 cm³/mol. The van der Waals surface area contributed by atoms with E-state index in [1.165, 1.54) is 19.3 Å². The summed E-state index contributed by atoms with van der Waals surface area (Å²) in [6.45, 7) is 8.95. The zero-order chi connectivity index (χ0) is 16.2. The second kappa shape index (κ2) is 13.4. The molecule has 0 bridgehead atoms. The predicted octanol–water partition coefficient (Wildman–Crippen LogP) is 3.59. The molecule has 1 rings (SSSR count). The van der Waals surface area contributed by atoms with E-state index in [-0.39, 0.29) is 24.0 Å². The Balaban J connectivity index is 0.00000484. The van der Waals surface area contributed by atoms with Gasteiger partial charge in [0.2, 0.25) is 5.88 Å². The highest BCUT2D eigenvalue weighted by atomic mass is 127. The summed E-state index contributed by atoms with van der Waals surface area (Å²) in [6, 6.07) is 3.89. The molecule has 0 saturated heterocycles. The largest absolute Gasteiger partial charge is 0.481 e. The lowest BCUT2D eigenvalue weighted by atomic mass is 10.1. The summed E-state index contributed by atoms with van der Waals surface area (Å²) in [6.07, 6.45) is 5.42. The van der Waals surface area contributed by atoms with Crippen LogP contribution in [-0.4, -0.2) is 31.1 Å². The Labute approximate surface area is 157 Å². The lowest BCUT2D eigenvalue weighted by molar-refractivity contribution is 0.392. The van der Waals surface area contributed by atoms with Crippen LogP contribution in [0.4, 0.5) is 0 Å². The summed E-state index contributed by atoms with van der Waals surface area (Å²) < 4.78 is 5.25. The van der Waals surface area contributed by atoms with Crippen LogP contribution in [0.1, 0.15) is 45.6 Å². The number of halogens is 1. The zero-order valence-corrected chi connectivity index (χ0v) is 17.1. The number of unbranched alkanes of at least 4 members (excludes halogenated alkanes) is 1. The molecular formula is C17H31IN4O. The smallest absolute Gasteiger partial charge is 0.218 e. The van der Waals surface area contributed by atoms with Gasteiger partial charge in [0.05, 0.1) is 13.7 Å². The number of hydrogen-bond acceptors (Lipinski definition) is 3. The zero-order valence-electron chi connectivity index (χ0n) is 14.8. The molecule has 132 valence electrons. The lowest BCUT2D eigenvalue weighted by Crippen LogP contribution is -2.37. The normalized spacial score (nSPS) is 11.1. The molecule has 0 saturated carbocycles. The second-order valence-electron chi connectivity index (χ2n) is 5.68. The Hall–Kier alpha value is -1.05. The van der Waals surface area contributed by atoms with Crippen molar-refractivity contribution >= 4 is 29.9 Å². The van der Waals surface area contributed by atoms with Gasteiger partial charge < -0.3 is 15.4 Å². The van der Waals surface area contributed by atoms with Gasteiger partial charge in [-0.3, -0.25) is 0 Å². The number of aliphatic imine (C=N–C) groups is 1. The van der Waals surface area contributed by atoms with Crippen LogP contribution in [0.2, 0.25) is 0 Å². The number of aromatic nitrogens is 1. The van der Waals surface area contributed by atoms with Gasteiger partial charge in [-0.2, -0.15) is 0 Å². The second-order valence-corrected chi connectivity index (χ2v) is 5.68. The minimum Gasteiger partial charge on any atom is -0.481 e. The van der Waals surface area contributed by atoms with Gasteiger partial charge in [0.15, 0.2) is 5.96 Å². The maximum absolute atomic E-state index is 5.25. The quantitative estimate of drug-likeness (QED) is 0.270. The van der Waals surface area contributed by atoms with Crippen LogP contribution in [0.25, 0.3) is 0 Å². The van der Waals surface area contributed by atoms with Crippen molar-refractivity contribution in [3.05, 3.63) is 23.9 Å². The molecule has 0 fully saturated rings. The SMILES string of the molecule is CCNC(=NCc1cccnc1OC)NCCCCC(C)C.I. The highest BCUT2D eigenvalue weighted by Crippen LogP contribution is 2.14. The minimum absolute atomic E-state index is 0. The molecule has 0 radical (unpaired) electrons. The fraction of sp³-hybridized carbons (Fsp3) is 0.647. The van der Waals surface area contributed by atoms with Gasteiger partial charge in [-0.05, 0) is 25.3 Å². The van der Waals surface area contributed by atoms with Gasteiger partial charge in [0, 0.05) is 24.8 Å². The van der Waals surface area contributed by atoms with Crippen LogP contribution in [-0.2, 0) is 6.54 Å². The maximum Gasteiger partial charge on any atom is 0.218 e. The van der Waals surface area contributed by atoms with E-state index in [1.54, 1.807) is 13.3 Å². The van der Waals surface area contributed by atoms with Crippen molar-refractivity contribution in [1.82, 2.24) is 15.6 Å². The first-order valence-electron chi connectivity index (χ1n) is 8.17. The van der Waals surface area contributed by atoms with Gasteiger partial charge in [-0.25, -0.2) is 9.98 Å². The first kappa shape index (κ1) is 21.9. The summed E-state index contributed by atoms with van der Waals surface area (Å²) in [5.74, 6) is 2.26. The summed E-state index contributed by atoms with van der Waals surface area (Å²) in [7, 11) is 1.63. The van der Waals surface area contributed by atoms with E-state index in [0.29, 0.717) is 12.4 Å². The van der Waals surface area contributed by atoms with E-state index in [2.05, 4.69) is 41.4 Å². The highest BCUT2D eigenvalue weighted by molar-refractivity contribution is 14.0. The molecule has 5 nitrogen and oxygen atoms in total. The molecule has 0 aliphatic heterocycles. The van der Waals surface area contributed by atoms with E-state index >= 15 is 0 Å². The Kier molecular flexibility index (Phi) is 12.8. The number of guanidine groups is 1. The van der Waals surface area contributed by atoms with Crippen molar-refractivity contribution in [2.45, 2.75) is 46.6 Å². The molecule has 0 spiro atoms. The van der Waals surface area contributed by atoms with E-state index in [9.17, 15) is 0 Å². The fourth-order valence-electron chi connectivity index (χ4n) is 2.12. The fourth-order valence-corrected chi connectivity index (χ4v) is 2.12.